The van der Waals surface area contributed by atoms with Crippen molar-refractivity contribution >= 4 is 17.4 Å². The second-order valence-electron chi connectivity index (χ2n) is 4.50. The molecule has 2 amide bonds. The lowest BCUT2D eigenvalue weighted by Crippen LogP contribution is -2.42. The highest BCUT2D eigenvalue weighted by Gasteiger charge is 2.07. The molecular weight excluding hydrogens is 260 g/mol. The van der Waals surface area contributed by atoms with Gasteiger partial charge in [-0.1, -0.05) is 0 Å². The van der Waals surface area contributed by atoms with Crippen LogP contribution < -0.4 is 10.6 Å². The van der Waals surface area contributed by atoms with Crippen molar-refractivity contribution in [1.29, 1.82) is 0 Å². The number of amides is 2. The van der Waals surface area contributed by atoms with Crippen molar-refractivity contribution in [2.24, 2.45) is 0 Å². The van der Waals surface area contributed by atoms with E-state index in [-0.39, 0.29) is 12.1 Å². The molecule has 0 fully saturated rings. The SMILES string of the molecule is Cc1ccc(CNC(=O)N[C@@H](C)Cn2ccnc2)s1. The van der Waals surface area contributed by atoms with Gasteiger partial charge in [-0.2, -0.15) is 0 Å². The number of hydrogen-bond acceptors (Lipinski definition) is 3. The van der Waals surface area contributed by atoms with Crippen molar-refractivity contribution in [3.63, 3.8) is 0 Å². The number of carbonyl (C=O) groups excluding carboxylic acids is 1. The Kier molecular flexibility index (Phi) is 4.57. The highest BCUT2D eigenvalue weighted by atomic mass is 32.1. The molecule has 0 saturated heterocycles. The fourth-order valence-corrected chi connectivity index (χ4v) is 2.61. The number of aryl methyl sites for hydroxylation is 1. The third kappa shape index (κ3) is 4.40. The van der Waals surface area contributed by atoms with Crippen LogP contribution in [0.3, 0.4) is 0 Å². The van der Waals surface area contributed by atoms with E-state index in [1.165, 1.54) is 4.88 Å². The summed E-state index contributed by atoms with van der Waals surface area (Å²) in [5, 5.41) is 5.76. The fraction of sp³-hybridized carbons (Fsp3) is 0.385. The third-order valence-corrected chi connectivity index (χ3v) is 3.64. The minimum atomic E-state index is -0.140. The summed E-state index contributed by atoms with van der Waals surface area (Å²) in [5.74, 6) is 0. The van der Waals surface area contributed by atoms with Crippen LogP contribution in [0.5, 0.6) is 0 Å². The Hall–Kier alpha value is -1.82. The molecule has 2 N–H and O–H groups in total. The predicted molar refractivity (Wildman–Crippen MR) is 76.1 cm³/mol. The van der Waals surface area contributed by atoms with Crippen LogP contribution in [-0.2, 0) is 13.1 Å². The first-order valence-electron chi connectivity index (χ1n) is 6.19. The lowest BCUT2D eigenvalue weighted by Gasteiger charge is -2.14. The van der Waals surface area contributed by atoms with Gasteiger partial charge in [0.2, 0.25) is 0 Å². The van der Waals surface area contributed by atoms with Gasteiger partial charge in [0.15, 0.2) is 0 Å². The van der Waals surface area contributed by atoms with E-state index in [2.05, 4.69) is 28.6 Å². The monoisotopic (exact) mass is 278 g/mol. The molecule has 2 rings (SSSR count). The first kappa shape index (κ1) is 13.6. The smallest absolute Gasteiger partial charge is 0.315 e. The molecule has 0 aliphatic heterocycles. The van der Waals surface area contributed by atoms with E-state index in [4.69, 9.17) is 0 Å². The number of thiophene rings is 1. The van der Waals surface area contributed by atoms with E-state index in [1.807, 2.05) is 23.8 Å². The van der Waals surface area contributed by atoms with Crippen molar-refractivity contribution in [3.05, 3.63) is 40.6 Å². The van der Waals surface area contributed by atoms with Gasteiger partial charge in [0.1, 0.15) is 0 Å². The van der Waals surface area contributed by atoms with Gasteiger partial charge < -0.3 is 15.2 Å². The van der Waals surface area contributed by atoms with E-state index in [9.17, 15) is 4.79 Å². The van der Waals surface area contributed by atoms with Gasteiger partial charge in [0.05, 0.1) is 12.9 Å². The Morgan fingerprint density at radius 3 is 3.00 bits per heavy atom. The molecule has 0 bridgehead atoms. The van der Waals surface area contributed by atoms with Crippen LogP contribution in [0.4, 0.5) is 4.79 Å². The van der Waals surface area contributed by atoms with Gasteiger partial charge in [0, 0.05) is 34.7 Å². The summed E-state index contributed by atoms with van der Waals surface area (Å²) in [4.78, 5) is 18.1. The highest BCUT2D eigenvalue weighted by Crippen LogP contribution is 2.14. The maximum Gasteiger partial charge on any atom is 0.315 e. The van der Waals surface area contributed by atoms with Crippen molar-refractivity contribution in [1.82, 2.24) is 20.2 Å². The van der Waals surface area contributed by atoms with Crippen LogP contribution >= 0.6 is 11.3 Å². The molecule has 19 heavy (non-hydrogen) atoms. The van der Waals surface area contributed by atoms with Gasteiger partial charge in [-0.05, 0) is 26.0 Å². The molecule has 0 aliphatic carbocycles. The predicted octanol–water partition coefficient (Wildman–Crippen LogP) is 2.14. The van der Waals surface area contributed by atoms with Crippen LogP contribution in [-0.4, -0.2) is 21.6 Å². The molecule has 0 aromatic carbocycles. The number of hydrogen-bond donors (Lipinski definition) is 2. The number of urea groups is 1. The standard InChI is InChI=1S/C13H18N4OS/c1-10(8-17-6-5-14-9-17)16-13(18)15-7-12-4-3-11(2)19-12/h3-6,9-10H,7-8H2,1-2H3,(H2,15,16,18)/t10-/m0/s1. The Morgan fingerprint density at radius 2 is 2.37 bits per heavy atom. The second-order valence-corrected chi connectivity index (χ2v) is 5.87. The van der Waals surface area contributed by atoms with Gasteiger partial charge >= 0.3 is 6.03 Å². The van der Waals surface area contributed by atoms with E-state index >= 15 is 0 Å². The summed E-state index contributed by atoms with van der Waals surface area (Å²) in [5.41, 5.74) is 0. The van der Waals surface area contributed by atoms with Crippen molar-refractivity contribution in [3.8, 4) is 0 Å². The summed E-state index contributed by atoms with van der Waals surface area (Å²) in [6.07, 6.45) is 5.35. The third-order valence-electron chi connectivity index (χ3n) is 2.64. The average Bonchev–Trinajstić information content (AvgIpc) is 2.98. The topological polar surface area (TPSA) is 59.0 Å². The molecule has 0 spiro atoms. The van der Waals surface area contributed by atoms with Gasteiger partial charge in [-0.15, -0.1) is 11.3 Å². The number of aromatic nitrogens is 2. The van der Waals surface area contributed by atoms with Crippen LogP contribution in [0.25, 0.3) is 0 Å². The van der Waals surface area contributed by atoms with Crippen LogP contribution in [0, 0.1) is 6.92 Å². The van der Waals surface area contributed by atoms with Crippen molar-refractivity contribution in [2.75, 3.05) is 0 Å². The normalized spacial score (nSPS) is 12.1. The van der Waals surface area contributed by atoms with E-state index in [0.717, 1.165) is 4.88 Å². The first-order chi connectivity index (χ1) is 9.13. The molecule has 1 atom stereocenters. The van der Waals surface area contributed by atoms with Gasteiger partial charge in [-0.3, -0.25) is 0 Å². The summed E-state index contributed by atoms with van der Waals surface area (Å²) in [7, 11) is 0. The Bertz CT molecular complexity index is 520. The zero-order valence-corrected chi connectivity index (χ0v) is 11.9. The quantitative estimate of drug-likeness (QED) is 0.880. The first-order valence-corrected chi connectivity index (χ1v) is 7.00. The summed E-state index contributed by atoms with van der Waals surface area (Å²) < 4.78 is 1.94. The molecule has 0 aliphatic rings. The lowest BCUT2D eigenvalue weighted by molar-refractivity contribution is 0.236. The molecule has 5 nitrogen and oxygen atoms in total. The number of rotatable bonds is 5. The van der Waals surface area contributed by atoms with E-state index in [1.54, 1.807) is 23.9 Å². The second kappa shape index (κ2) is 6.38. The van der Waals surface area contributed by atoms with Gasteiger partial charge in [0.25, 0.3) is 0 Å². The molecule has 0 saturated carbocycles. The van der Waals surface area contributed by atoms with Crippen LogP contribution in [0.15, 0.2) is 30.9 Å². The molecule has 0 radical (unpaired) electrons. The van der Waals surface area contributed by atoms with Gasteiger partial charge in [-0.25, -0.2) is 9.78 Å². The van der Waals surface area contributed by atoms with Crippen LogP contribution in [0.2, 0.25) is 0 Å². The number of imidazole rings is 1. The van der Waals surface area contributed by atoms with Crippen LogP contribution in [0.1, 0.15) is 16.7 Å². The molecule has 102 valence electrons. The molecule has 6 heteroatoms. The minimum absolute atomic E-state index is 0.0549. The molecule has 2 aromatic heterocycles. The Balaban J connectivity index is 1.71. The fourth-order valence-electron chi connectivity index (χ4n) is 1.78. The number of nitrogens with zero attached hydrogens (tertiary/aromatic N) is 2. The lowest BCUT2D eigenvalue weighted by atomic mass is 10.3. The summed E-state index contributed by atoms with van der Waals surface area (Å²) in [6.45, 7) is 5.31. The maximum absolute atomic E-state index is 11.7. The van der Waals surface area contributed by atoms with Crippen molar-refractivity contribution < 1.29 is 4.79 Å². The molecule has 2 aromatic rings. The van der Waals surface area contributed by atoms with Crippen molar-refractivity contribution in [2.45, 2.75) is 33.0 Å². The zero-order valence-electron chi connectivity index (χ0n) is 11.1. The number of nitrogens with one attached hydrogen (secondary N) is 2. The largest absolute Gasteiger partial charge is 0.335 e. The van der Waals surface area contributed by atoms with E-state index < -0.39 is 0 Å². The molecule has 0 unspecified atom stereocenters. The molecule has 2 heterocycles. The van der Waals surface area contributed by atoms with E-state index in [0.29, 0.717) is 13.1 Å². The average molecular weight is 278 g/mol. The molecular formula is C13H18N4OS. The Labute approximate surface area is 116 Å². The zero-order chi connectivity index (χ0) is 13.7. The minimum Gasteiger partial charge on any atom is -0.335 e. The highest BCUT2D eigenvalue weighted by molar-refractivity contribution is 7.11. The maximum atomic E-state index is 11.7. The Morgan fingerprint density at radius 1 is 1.53 bits per heavy atom. The number of carbonyl (C=O) groups is 1. The summed E-state index contributed by atoms with van der Waals surface area (Å²) in [6, 6.07) is 4.01. The summed E-state index contributed by atoms with van der Waals surface area (Å²) >= 11 is 1.70.